The molecule has 43 heavy (non-hydrogen) atoms. The maximum atomic E-state index is 13.4. The number of ether oxygens (including phenoxy) is 4. The SMILES string of the molecule is CC(=O)OC[C@@]1(C)C2C[C@H](OC(C)=O)[C@@]3(C)Oc4cc(-c5ccc[n+]([O-])c5)oc(=O)c4C(O)C3[C@@]2(C)CC[C@@H]1OC(C)=O. The number of nitrogens with zero attached hydrogens (tertiary/aromatic N) is 1. The molecule has 2 saturated carbocycles. The van der Waals surface area contributed by atoms with E-state index in [-0.39, 0.29) is 30.1 Å². The molecule has 2 aliphatic carbocycles. The highest BCUT2D eigenvalue weighted by Gasteiger charge is 2.70. The van der Waals surface area contributed by atoms with E-state index in [2.05, 4.69) is 0 Å². The number of carbonyl (C=O) groups excluding carboxylic acids is 3. The summed E-state index contributed by atoms with van der Waals surface area (Å²) in [6.45, 7) is 9.41. The van der Waals surface area contributed by atoms with Gasteiger partial charge in [-0.2, -0.15) is 4.73 Å². The third-order valence-electron chi connectivity index (χ3n) is 9.84. The summed E-state index contributed by atoms with van der Waals surface area (Å²) < 4.78 is 29.9. The Balaban J connectivity index is 1.66. The van der Waals surface area contributed by atoms with Crippen molar-refractivity contribution in [3.63, 3.8) is 0 Å². The van der Waals surface area contributed by atoms with Crippen LogP contribution in [0.5, 0.6) is 5.75 Å². The van der Waals surface area contributed by atoms with Gasteiger partial charge in [0, 0.05) is 44.2 Å². The van der Waals surface area contributed by atoms with E-state index < -0.39 is 70.1 Å². The van der Waals surface area contributed by atoms with Gasteiger partial charge in [-0.05, 0) is 43.6 Å². The Morgan fingerprint density at radius 3 is 2.40 bits per heavy atom. The van der Waals surface area contributed by atoms with Gasteiger partial charge >= 0.3 is 23.5 Å². The number of esters is 3. The standard InChI is InChI=1S/C31H37NO11/c1-16(33)39-15-30(5)22-13-24(41-18(3)35)31(6)27(29(22,4)10-9-23(30)40-17(2)34)26(36)25-21(43-31)12-20(42-28(25)37)19-8-7-11-32(38)14-19/h7-8,11-12,14,22-24,26-27,36H,9-10,13,15H2,1-6H3/t22?,23-,24-,26?,27?,29-,30-,31+/m0/s1. The number of hydrogen-bond acceptors (Lipinski definition) is 11. The number of hydrogen-bond donors (Lipinski definition) is 1. The van der Waals surface area contributed by atoms with Crippen molar-refractivity contribution in [1.29, 1.82) is 0 Å². The van der Waals surface area contributed by atoms with Crippen LogP contribution >= 0.6 is 0 Å². The minimum absolute atomic E-state index is 0.0641. The molecule has 0 aromatic carbocycles. The predicted molar refractivity (Wildman–Crippen MR) is 148 cm³/mol. The maximum Gasteiger partial charge on any atom is 0.345 e. The molecule has 3 aliphatic rings. The highest BCUT2D eigenvalue weighted by molar-refractivity contribution is 5.67. The molecule has 8 atom stereocenters. The van der Waals surface area contributed by atoms with Gasteiger partial charge < -0.3 is 33.7 Å². The van der Waals surface area contributed by atoms with Crippen molar-refractivity contribution in [1.82, 2.24) is 0 Å². The van der Waals surface area contributed by atoms with Crippen LogP contribution in [0.3, 0.4) is 0 Å². The zero-order valence-electron chi connectivity index (χ0n) is 25.1. The van der Waals surface area contributed by atoms with Crippen molar-refractivity contribution < 1.29 is 47.6 Å². The molecule has 0 amide bonds. The summed E-state index contributed by atoms with van der Waals surface area (Å²) in [5, 5.41) is 23.9. The van der Waals surface area contributed by atoms with Crippen molar-refractivity contribution >= 4 is 17.9 Å². The summed E-state index contributed by atoms with van der Waals surface area (Å²) in [7, 11) is 0. The second-order valence-electron chi connectivity index (χ2n) is 12.7. The number of aromatic nitrogens is 1. The van der Waals surface area contributed by atoms with Crippen LogP contribution in [0, 0.1) is 27.9 Å². The number of fused-ring (bicyclic) bond motifs is 4. The monoisotopic (exact) mass is 599 g/mol. The molecule has 5 rings (SSSR count). The molecule has 0 bridgehead atoms. The number of carbonyl (C=O) groups is 3. The van der Waals surface area contributed by atoms with Crippen molar-refractivity contribution in [3.05, 3.63) is 51.8 Å². The van der Waals surface area contributed by atoms with Gasteiger partial charge in [-0.15, -0.1) is 0 Å². The van der Waals surface area contributed by atoms with E-state index in [1.807, 2.05) is 13.8 Å². The number of aliphatic hydroxyl groups excluding tert-OH is 1. The van der Waals surface area contributed by atoms with Gasteiger partial charge in [0.2, 0.25) is 0 Å². The maximum absolute atomic E-state index is 13.4. The summed E-state index contributed by atoms with van der Waals surface area (Å²) in [5.74, 6) is -2.62. The second-order valence-corrected chi connectivity index (χ2v) is 12.7. The number of rotatable bonds is 5. The Labute approximate surface area is 248 Å². The Morgan fingerprint density at radius 1 is 1.09 bits per heavy atom. The Hall–Kier alpha value is -3.93. The minimum atomic E-state index is -1.40. The van der Waals surface area contributed by atoms with Crippen LogP contribution in [0.25, 0.3) is 11.3 Å². The average Bonchev–Trinajstić information content (AvgIpc) is 2.89. The van der Waals surface area contributed by atoms with Crippen LogP contribution in [0.1, 0.15) is 72.5 Å². The van der Waals surface area contributed by atoms with E-state index in [0.717, 1.165) is 0 Å². The molecular weight excluding hydrogens is 562 g/mol. The molecule has 3 heterocycles. The molecule has 2 fully saturated rings. The minimum Gasteiger partial charge on any atom is -0.619 e. The highest BCUT2D eigenvalue weighted by Crippen LogP contribution is 2.67. The normalized spacial score (nSPS) is 34.4. The van der Waals surface area contributed by atoms with Crippen LogP contribution in [0.4, 0.5) is 0 Å². The van der Waals surface area contributed by atoms with E-state index in [0.29, 0.717) is 23.1 Å². The molecule has 2 aromatic rings. The van der Waals surface area contributed by atoms with Crippen molar-refractivity contribution in [2.24, 2.45) is 22.7 Å². The van der Waals surface area contributed by atoms with Crippen molar-refractivity contribution in [2.45, 2.75) is 84.7 Å². The number of pyridine rings is 1. The van der Waals surface area contributed by atoms with Crippen LogP contribution in [-0.4, -0.2) is 47.4 Å². The smallest absolute Gasteiger partial charge is 0.345 e. The van der Waals surface area contributed by atoms with Gasteiger partial charge in [0.15, 0.2) is 12.4 Å². The number of aliphatic hydroxyl groups is 1. The first-order chi connectivity index (χ1) is 20.1. The Morgan fingerprint density at radius 2 is 1.77 bits per heavy atom. The lowest BCUT2D eigenvalue weighted by atomic mass is 9.42. The fourth-order valence-corrected chi connectivity index (χ4v) is 8.13. The van der Waals surface area contributed by atoms with Crippen LogP contribution in [-0.2, 0) is 28.6 Å². The van der Waals surface area contributed by atoms with Crippen LogP contribution < -0.4 is 15.1 Å². The average molecular weight is 600 g/mol. The third-order valence-corrected chi connectivity index (χ3v) is 9.84. The summed E-state index contributed by atoms with van der Waals surface area (Å²) in [4.78, 5) is 49.9. The summed E-state index contributed by atoms with van der Waals surface area (Å²) >= 11 is 0. The summed E-state index contributed by atoms with van der Waals surface area (Å²) in [6.07, 6.45) is 0.711. The van der Waals surface area contributed by atoms with E-state index in [9.17, 15) is 29.5 Å². The van der Waals surface area contributed by atoms with E-state index in [1.165, 1.54) is 45.3 Å². The molecular formula is C31H37NO11. The van der Waals surface area contributed by atoms with Crippen LogP contribution in [0.2, 0.25) is 0 Å². The lowest BCUT2D eigenvalue weighted by Gasteiger charge is -2.66. The second kappa shape index (κ2) is 10.7. The Kier molecular flexibility index (Phi) is 7.56. The van der Waals surface area contributed by atoms with Gasteiger partial charge in [0.1, 0.15) is 41.5 Å². The third kappa shape index (κ3) is 5.05. The highest BCUT2D eigenvalue weighted by atomic mass is 16.6. The molecule has 2 aromatic heterocycles. The quantitative estimate of drug-likeness (QED) is 0.232. The van der Waals surface area contributed by atoms with E-state index >= 15 is 0 Å². The zero-order chi connectivity index (χ0) is 31.5. The Bertz CT molecular complexity index is 1520. The van der Waals surface area contributed by atoms with Gasteiger partial charge in [-0.1, -0.05) is 13.8 Å². The van der Waals surface area contributed by atoms with Crippen molar-refractivity contribution in [3.8, 4) is 17.1 Å². The van der Waals surface area contributed by atoms with Crippen LogP contribution in [0.15, 0.2) is 39.8 Å². The first kappa shape index (κ1) is 30.5. The first-order valence-electron chi connectivity index (χ1n) is 14.3. The molecule has 12 heteroatoms. The lowest BCUT2D eigenvalue weighted by Crippen LogP contribution is -2.71. The topological polar surface area (TPSA) is 166 Å². The van der Waals surface area contributed by atoms with Gasteiger partial charge in [-0.25, -0.2) is 4.79 Å². The van der Waals surface area contributed by atoms with E-state index in [1.54, 1.807) is 13.0 Å². The summed E-state index contributed by atoms with van der Waals surface area (Å²) in [6, 6.07) is 4.56. The van der Waals surface area contributed by atoms with Gasteiger partial charge in [-0.3, -0.25) is 14.4 Å². The molecule has 12 nitrogen and oxygen atoms in total. The molecule has 0 radical (unpaired) electrons. The zero-order valence-corrected chi connectivity index (χ0v) is 25.1. The van der Waals surface area contributed by atoms with E-state index in [4.69, 9.17) is 23.4 Å². The largest absolute Gasteiger partial charge is 0.619 e. The molecule has 0 spiro atoms. The fourth-order valence-electron chi connectivity index (χ4n) is 8.13. The molecule has 3 unspecified atom stereocenters. The lowest BCUT2D eigenvalue weighted by molar-refractivity contribution is -0.604. The van der Waals surface area contributed by atoms with Gasteiger partial charge in [0.25, 0.3) is 0 Å². The molecule has 232 valence electrons. The molecule has 1 N–H and O–H groups in total. The molecule has 0 saturated heterocycles. The molecule has 1 aliphatic heterocycles. The fraction of sp³-hybridized carbons (Fsp3) is 0.581. The van der Waals surface area contributed by atoms with Gasteiger partial charge in [0.05, 0.1) is 11.7 Å². The van der Waals surface area contributed by atoms with Crippen molar-refractivity contribution in [2.75, 3.05) is 6.61 Å². The first-order valence-corrected chi connectivity index (χ1v) is 14.3. The predicted octanol–water partition coefficient (Wildman–Crippen LogP) is 2.99. The summed E-state index contributed by atoms with van der Waals surface area (Å²) in [5.41, 5.74) is -3.58.